The van der Waals surface area contributed by atoms with Crippen LogP contribution < -0.4 is 5.73 Å². The summed E-state index contributed by atoms with van der Waals surface area (Å²) in [6.45, 7) is 3.81. The van der Waals surface area contributed by atoms with Crippen LogP contribution in [0.15, 0.2) is 18.2 Å². The highest BCUT2D eigenvalue weighted by Crippen LogP contribution is 2.34. The Morgan fingerprint density at radius 3 is 2.43 bits per heavy atom. The van der Waals surface area contributed by atoms with Crippen molar-refractivity contribution in [3.63, 3.8) is 0 Å². The van der Waals surface area contributed by atoms with E-state index in [0.29, 0.717) is 16.6 Å². The molecule has 0 radical (unpaired) electrons. The van der Waals surface area contributed by atoms with E-state index in [1.807, 2.05) is 13.8 Å². The normalized spacial score (nSPS) is 13.7. The van der Waals surface area contributed by atoms with Gasteiger partial charge in [-0.25, -0.2) is 4.39 Å². The zero-order valence-corrected chi connectivity index (χ0v) is 12.1. The smallest absolute Gasteiger partial charge is 0.319 e. The maximum atomic E-state index is 13.6. The van der Waals surface area contributed by atoms with Crippen LogP contribution >= 0.6 is 11.5 Å². The Labute approximate surface area is 123 Å². The highest BCUT2D eigenvalue weighted by atomic mass is 32.1. The number of alkyl halides is 3. The fourth-order valence-corrected chi connectivity index (χ4v) is 2.76. The molecule has 0 saturated carbocycles. The molecule has 1 heterocycles. The molecule has 0 fully saturated rings. The minimum Gasteiger partial charge on any atom is -0.319 e. The number of nitrogens with zero attached hydrogens (tertiary/aromatic N) is 2. The zero-order chi connectivity index (χ0) is 15.8. The van der Waals surface area contributed by atoms with Crippen molar-refractivity contribution in [1.29, 1.82) is 0 Å². The van der Waals surface area contributed by atoms with Crippen molar-refractivity contribution in [2.24, 2.45) is 5.73 Å². The molecular formula is C13H13F4N3S. The van der Waals surface area contributed by atoms with Crippen molar-refractivity contribution in [3.05, 3.63) is 45.7 Å². The molecule has 1 aromatic heterocycles. The summed E-state index contributed by atoms with van der Waals surface area (Å²) in [5.74, 6) is -1.26. The van der Waals surface area contributed by atoms with Crippen molar-refractivity contribution in [2.45, 2.75) is 32.0 Å². The van der Waals surface area contributed by atoms with Gasteiger partial charge in [-0.2, -0.15) is 13.2 Å². The Bertz CT molecular complexity index is 637. The summed E-state index contributed by atoms with van der Waals surface area (Å²) in [6.07, 6.45) is -4.72. The van der Waals surface area contributed by atoms with Crippen LogP contribution in [0.25, 0.3) is 0 Å². The van der Waals surface area contributed by atoms with Crippen LogP contribution in [0.5, 0.6) is 0 Å². The Morgan fingerprint density at radius 1 is 1.24 bits per heavy atom. The van der Waals surface area contributed by atoms with E-state index in [1.54, 1.807) is 0 Å². The second-order valence-electron chi connectivity index (χ2n) is 4.89. The van der Waals surface area contributed by atoms with E-state index in [4.69, 9.17) is 5.73 Å². The highest BCUT2D eigenvalue weighted by Gasteiger charge is 2.34. The van der Waals surface area contributed by atoms with E-state index < -0.39 is 23.6 Å². The molecule has 0 aliphatic carbocycles. The Balaban J connectivity index is 2.38. The number of aromatic nitrogens is 2. The molecule has 2 aromatic rings. The highest BCUT2D eigenvalue weighted by molar-refractivity contribution is 7.05. The number of rotatable bonds is 3. The minimum absolute atomic E-state index is 0.0732. The Hall–Kier alpha value is -1.54. The Kier molecular flexibility index (Phi) is 4.29. The monoisotopic (exact) mass is 319 g/mol. The first-order valence-electron chi connectivity index (χ1n) is 6.16. The second-order valence-corrected chi connectivity index (χ2v) is 5.68. The summed E-state index contributed by atoms with van der Waals surface area (Å²) < 4.78 is 55.0. The van der Waals surface area contributed by atoms with Gasteiger partial charge >= 0.3 is 6.18 Å². The molecule has 1 unspecified atom stereocenters. The summed E-state index contributed by atoms with van der Waals surface area (Å²) in [7, 11) is 0. The quantitative estimate of drug-likeness (QED) is 0.874. The molecule has 0 saturated heterocycles. The topological polar surface area (TPSA) is 51.8 Å². The van der Waals surface area contributed by atoms with Crippen LogP contribution in [0.2, 0.25) is 0 Å². The molecule has 0 aliphatic rings. The lowest BCUT2D eigenvalue weighted by atomic mass is 9.99. The van der Waals surface area contributed by atoms with Gasteiger partial charge in [-0.1, -0.05) is 24.4 Å². The van der Waals surface area contributed by atoms with Crippen LogP contribution in [-0.4, -0.2) is 9.59 Å². The average molecular weight is 319 g/mol. The first-order valence-corrected chi connectivity index (χ1v) is 6.93. The fourth-order valence-electron chi connectivity index (χ4n) is 1.93. The van der Waals surface area contributed by atoms with Crippen LogP contribution in [0.4, 0.5) is 17.6 Å². The summed E-state index contributed by atoms with van der Waals surface area (Å²) in [4.78, 5) is 0.629. The van der Waals surface area contributed by atoms with Crippen molar-refractivity contribution in [2.75, 3.05) is 0 Å². The second kappa shape index (κ2) is 5.69. The fraction of sp³-hybridized carbons (Fsp3) is 0.385. The average Bonchev–Trinajstić information content (AvgIpc) is 2.85. The molecule has 1 aromatic carbocycles. The van der Waals surface area contributed by atoms with Gasteiger partial charge in [0.2, 0.25) is 0 Å². The molecule has 0 aliphatic heterocycles. The summed E-state index contributed by atoms with van der Waals surface area (Å²) >= 11 is 1.07. The predicted molar refractivity (Wildman–Crippen MR) is 71.4 cm³/mol. The predicted octanol–water partition coefficient (Wildman–Crippen LogP) is 3.87. The van der Waals surface area contributed by atoms with E-state index in [2.05, 4.69) is 9.59 Å². The zero-order valence-electron chi connectivity index (χ0n) is 11.3. The number of hydrogen-bond donors (Lipinski definition) is 1. The first kappa shape index (κ1) is 15.8. The maximum Gasteiger partial charge on any atom is 0.419 e. The molecule has 21 heavy (non-hydrogen) atoms. The van der Waals surface area contributed by atoms with Gasteiger partial charge in [0.15, 0.2) is 0 Å². The van der Waals surface area contributed by atoms with E-state index in [0.717, 1.165) is 17.6 Å². The summed E-state index contributed by atoms with van der Waals surface area (Å²) in [6, 6.07) is 1.95. The van der Waals surface area contributed by atoms with Gasteiger partial charge in [0.05, 0.1) is 22.2 Å². The van der Waals surface area contributed by atoms with Crippen molar-refractivity contribution in [3.8, 4) is 0 Å². The van der Waals surface area contributed by atoms with Crippen LogP contribution in [0, 0.1) is 5.82 Å². The summed E-state index contributed by atoms with van der Waals surface area (Å²) in [5.41, 5.74) is 5.64. The molecule has 2 N–H and O–H groups in total. The Morgan fingerprint density at radius 2 is 1.90 bits per heavy atom. The van der Waals surface area contributed by atoms with E-state index in [9.17, 15) is 17.6 Å². The third-order valence-corrected chi connectivity index (χ3v) is 3.85. The lowest BCUT2D eigenvalue weighted by Gasteiger charge is -2.15. The minimum atomic E-state index is -4.72. The molecule has 1 atom stereocenters. The first-order chi connectivity index (χ1) is 9.71. The van der Waals surface area contributed by atoms with Crippen molar-refractivity contribution < 1.29 is 17.6 Å². The van der Waals surface area contributed by atoms with Crippen LogP contribution in [0.1, 0.15) is 47.5 Å². The lowest BCUT2D eigenvalue weighted by Crippen LogP contribution is -2.15. The van der Waals surface area contributed by atoms with Gasteiger partial charge in [0.1, 0.15) is 5.82 Å². The molecule has 3 nitrogen and oxygen atoms in total. The van der Waals surface area contributed by atoms with E-state index >= 15 is 0 Å². The van der Waals surface area contributed by atoms with Crippen molar-refractivity contribution in [1.82, 2.24) is 9.59 Å². The van der Waals surface area contributed by atoms with E-state index in [-0.39, 0.29) is 11.5 Å². The summed E-state index contributed by atoms with van der Waals surface area (Å²) in [5, 5.41) is 3.96. The standard InChI is InChI=1S/C13H13F4N3S/c1-6(2)11-12(21-20-19-11)10(18)7-3-4-8(9(14)5-7)13(15,16)17/h3-6,10H,18H2,1-2H3. The number of nitrogens with two attached hydrogens (primary N) is 1. The van der Waals surface area contributed by atoms with Gasteiger partial charge in [0.25, 0.3) is 0 Å². The van der Waals surface area contributed by atoms with Gasteiger partial charge < -0.3 is 5.73 Å². The molecule has 2 rings (SSSR count). The molecular weight excluding hydrogens is 306 g/mol. The number of hydrogen-bond acceptors (Lipinski definition) is 4. The van der Waals surface area contributed by atoms with Gasteiger partial charge in [-0.15, -0.1) is 5.10 Å². The SMILES string of the molecule is CC(C)c1nnsc1C(N)c1ccc(C(F)(F)F)c(F)c1. The van der Waals surface area contributed by atoms with Gasteiger partial charge in [-0.05, 0) is 35.1 Å². The van der Waals surface area contributed by atoms with Gasteiger partial charge in [0, 0.05) is 0 Å². The van der Waals surface area contributed by atoms with Crippen LogP contribution in [-0.2, 0) is 6.18 Å². The molecule has 114 valence electrons. The third-order valence-electron chi connectivity index (χ3n) is 3.03. The number of halogens is 4. The van der Waals surface area contributed by atoms with Crippen LogP contribution in [0.3, 0.4) is 0 Å². The largest absolute Gasteiger partial charge is 0.419 e. The molecule has 0 amide bonds. The van der Waals surface area contributed by atoms with E-state index in [1.165, 1.54) is 6.07 Å². The molecule has 0 bridgehead atoms. The van der Waals surface area contributed by atoms with Gasteiger partial charge in [-0.3, -0.25) is 0 Å². The third kappa shape index (κ3) is 3.21. The van der Waals surface area contributed by atoms with Crippen molar-refractivity contribution >= 4 is 11.5 Å². The maximum absolute atomic E-state index is 13.6. The lowest BCUT2D eigenvalue weighted by molar-refractivity contribution is -0.140. The molecule has 0 spiro atoms. The number of benzene rings is 1. The molecule has 8 heteroatoms.